The van der Waals surface area contributed by atoms with Crippen LogP contribution in [0.2, 0.25) is 0 Å². The van der Waals surface area contributed by atoms with Crippen molar-refractivity contribution in [3.8, 4) is 11.5 Å². The molecule has 176 valence electrons. The van der Waals surface area contributed by atoms with Crippen LogP contribution in [0.3, 0.4) is 0 Å². The van der Waals surface area contributed by atoms with E-state index >= 15 is 0 Å². The largest absolute Gasteiger partial charge is 0.463 e. The molecule has 1 aliphatic rings. The zero-order valence-electron chi connectivity index (χ0n) is 21.9. The van der Waals surface area contributed by atoms with Crippen LogP contribution < -0.4 is 9.05 Å². The van der Waals surface area contributed by atoms with Gasteiger partial charge in [0.25, 0.3) is 0 Å². The van der Waals surface area contributed by atoms with Gasteiger partial charge >= 0.3 is 8.60 Å². The maximum absolute atomic E-state index is 6.58. The summed E-state index contributed by atoms with van der Waals surface area (Å²) in [6.45, 7) is 25.0. The summed E-state index contributed by atoms with van der Waals surface area (Å²) in [6, 6.07) is 9.16. The van der Waals surface area contributed by atoms with E-state index in [1.165, 1.54) is 33.4 Å². The Balaban J connectivity index is 2.33. The molecule has 0 N–H and O–H groups in total. The van der Waals surface area contributed by atoms with Gasteiger partial charge in [0.05, 0.1) is 6.61 Å². The summed E-state index contributed by atoms with van der Waals surface area (Å²) in [7, 11) is -1.56. The summed E-state index contributed by atoms with van der Waals surface area (Å²) >= 11 is 0. The van der Waals surface area contributed by atoms with Gasteiger partial charge < -0.3 is 9.05 Å². The Kier molecular flexibility index (Phi) is 6.78. The number of aryl methyl sites for hydroxylation is 1. The molecule has 3 rings (SSSR count). The molecule has 3 nitrogen and oxygen atoms in total. The van der Waals surface area contributed by atoms with Crippen molar-refractivity contribution >= 4 is 8.60 Å². The summed E-state index contributed by atoms with van der Waals surface area (Å²) in [5, 5.41) is 0. The first-order valence-electron chi connectivity index (χ1n) is 11.7. The summed E-state index contributed by atoms with van der Waals surface area (Å²) in [4.78, 5) is 0. The Hall–Kier alpha value is -1.57. The second-order valence-corrected chi connectivity index (χ2v) is 13.1. The fraction of sp³-hybridized carbons (Fsp3) is 0.571. The molecule has 0 spiro atoms. The maximum Gasteiger partial charge on any atom is 0.463 e. The van der Waals surface area contributed by atoms with Crippen molar-refractivity contribution in [1.82, 2.24) is 0 Å². The zero-order valence-corrected chi connectivity index (χ0v) is 22.8. The van der Waals surface area contributed by atoms with Gasteiger partial charge in [0.15, 0.2) is 0 Å². The van der Waals surface area contributed by atoms with Gasteiger partial charge in [-0.1, -0.05) is 92.1 Å². The lowest BCUT2D eigenvalue weighted by molar-refractivity contribution is 0.274. The molecule has 2 aromatic carbocycles. The summed E-state index contributed by atoms with van der Waals surface area (Å²) in [5.41, 5.74) is 7.35. The van der Waals surface area contributed by atoms with Crippen LogP contribution in [0.1, 0.15) is 103 Å². The molecular weight excluding hydrogens is 415 g/mol. The molecule has 0 saturated carbocycles. The van der Waals surface area contributed by atoms with Crippen molar-refractivity contribution in [3.05, 3.63) is 57.6 Å². The van der Waals surface area contributed by atoms with Gasteiger partial charge in [0.2, 0.25) is 0 Å². The molecule has 0 amide bonds. The van der Waals surface area contributed by atoms with Crippen LogP contribution in [-0.4, -0.2) is 6.61 Å². The normalized spacial score (nSPS) is 16.9. The van der Waals surface area contributed by atoms with Crippen LogP contribution in [0.25, 0.3) is 0 Å². The molecule has 1 unspecified atom stereocenters. The zero-order chi connectivity index (χ0) is 24.1. The lowest BCUT2D eigenvalue weighted by atomic mass is 9.78. The van der Waals surface area contributed by atoms with Gasteiger partial charge in [0.1, 0.15) is 11.5 Å². The topological polar surface area (TPSA) is 27.7 Å². The Bertz CT molecular complexity index is 988. The Morgan fingerprint density at radius 3 is 1.72 bits per heavy atom. The van der Waals surface area contributed by atoms with Gasteiger partial charge in [-0.15, -0.1) is 0 Å². The van der Waals surface area contributed by atoms with Crippen molar-refractivity contribution in [2.45, 2.75) is 98.8 Å². The van der Waals surface area contributed by atoms with Crippen LogP contribution in [-0.2, 0) is 27.2 Å². The highest BCUT2D eigenvalue weighted by atomic mass is 31.2. The van der Waals surface area contributed by atoms with E-state index in [1.54, 1.807) is 0 Å². The van der Waals surface area contributed by atoms with E-state index in [4.69, 9.17) is 13.6 Å². The van der Waals surface area contributed by atoms with Crippen LogP contribution in [0.15, 0.2) is 24.3 Å². The Morgan fingerprint density at radius 2 is 1.25 bits per heavy atom. The predicted molar refractivity (Wildman–Crippen MR) is 136 cm³/mol. The fourth-order valence-electron chi connectivity index (χ4n) is 4.09. The molecule has 0 aliphatic carbocycles. The molecule has 0 aromatic heterocycles. The lowest BCUT2D eigenvalue weighted by Gasteiger charge is -2.33. The van der Waals surface area contributed by atoms with Crippen molar-refractivity contribution in [3.63, 3.8) is 0 Å². The van der Waals surface area contributed by atoms with Gasteiger partial charge in [-0.3, -0.25) is 4.52 Å². The van der Waals surface area contributed by atoms with E-state index in [9.17, 15) is 0 Å². The van der Waals surface area contributed by atoms with Crippen LogP contribution in [0.5, 0.6) is 11.5 Å². The molecule has 0 bridgehead atoms. The average Bonchev–Trinajstić information content (AvgIpc) is 2.60. The maximum atomic E-state index is 6.58. The van der Waals surface area contributed by atoms with Crippen LogP contribution in [0.4, 0.5) is 0 Å². The molecule has 4 heteroatoms. The van der Waals surface area contributed by atoms with Gasteiger partial charge in [-0.2, -0.15) is 0 Å². The number of fused-ring (bicyclic) bond motifs is 2. The first-order valence-corrected chi connectivity index (χ1v) is 12.8. The van der Waals surface area contributed by atoms with E-state index in [-0.39, 0.29) is 16.2 Å². The fourth-order valence-corrected chi connectivity index (χ4v) is 5.18. The third-order valence-corrected chi connectivity index (χ3v) is 7.04. The predicted octanol–water partition coefficient (Wildman–Crippen LogP) is 8.51. The van der Waals surface area contributed by atoms with Crippen molar-refractivity contribution in [2.75, 3.05) is 6.61 Å². The summed E-state index contributed by atoms with van der Waals surface area (Å²) < 4.78 is 19.1. The van der Waals surface area contributed by atoms with Gasteiger partial charge in [-0.25, -0.2) is 0 Å². The third-order valence-electron chi connectivity index (χ3n) is 5.91. The highest BCUT2D eigenvalue weighted by Gasteiger charge is 2.33. The minimum absolute atomic E-state index is 0.0462. The molecule has 1 atom stereocenters. The van der Waals surface area contributed by atoms with Crippen molar-refractivity contribution in [2.24, 2.45) is 0 Å². The smallest absolute Gasteiger partial charge is 0.417 e. The van der Waals surface area contributed by atoms with Crippen molar-refractivity contribution < 1.29 is 13.6 Å². The number of benzene rings is 2. The average molecular weight is 457 g/mol. The first kappa shape index (κ1) is 25.1. The van der Waals surface area contributed by atoms with Gasteiger partial charge in [0, 0.05) is 17.5 Å². The first-order chi connectivity index (χ1) is 14.6. The minimum atomic E-state index is -1.56. The van der Waals surface area contributed by atoms with Crippen LogP contribution >= 0.6 is 8.60 Å². The molecule has 32 heavy (non-hydrogen) atoms. The molecule has 2 aromatic rings. The molecule has 1 heterocycles. The third kappa shape index (κ3) is 5.32. The monoisotopic (exact) mass is 456 g/mol. The number of hydrogen-bond acceptors (Lipinski definition) is 3. The van der Waals surface area contributed by atoms with E-state index in [1.807, 2.05) is 6.92 Å². The molecule has 0 fully saturated rings. The second-order valence-electron chi connectivity index (χ2n) is 12.1. The molecule has 0 radical (unpaired) electrons. The quantitative estimate of drug-likeness (QED) is 0.424. The Labute approximate surface area is 196 Å². The van der Waals surface area contributed by atoms with Crippen LogP contribution in [0, 0.1) is 6.92 Å². The SMILES string of the molecule is CCOP1Oc2c(cc(C)cc2C(C)(C)C)Cc2cc(C(C)(C)C)cc(C(C)(C)C)c2O1. The molecular formula is C28H41O3P. The highest BCUT2D eigenvalue weighted by molar-refractivity contribution is 7.42. The standard InChI is InChI=1S/C28H41O3P/c1-12-29-32-30-24-19(13-18(2)14-22(24)27(6,7)8)15-20-16-21(26(3,4)5)17-23(25(20)31-32)28(9,10)11/h13-14,16-17H,12,15H2,1-11H3. The van der Waals surface area contributed by atoms with Crippen molar-refractivity contribution in [1.29, 1.82) is 0 Å². The van der Waals surface area contributed by atoms with E-state index < -0.39 is 8.60 Å². The van der Waals surface area contributed by atoms with E-state index in [0.29, 0.717) is 6.61 Å². The number of hydrogen-bond donors (Lipinski definition) is 0. The summed E-state index contributed by atoms with van der Waals surface area (Å²) in [6.07, 6.45) is 0.776. The molecule has 0 saturated heterocycles. The molecule has 1 aliphatic heterocycles. The minimum Gasteiger partial charge on any atom is -0.417 e. The number of rotatable bonds is 2. The van der Waals surface area contributed by atoms with E-state index in [2.05, 4.69) is 93.5 Å². The van der Waals surface area contributed by atoms with Gasteiger partial charge in [-0.05, 0) is 46.8 Å². The second kappa shape index (κ2) is 8.65. The highest BCUT2D eigenvalue weighted by Crippen LogP contribution is 2.52. The Morgan fingerprint density at radius 1 is 0.750 bits per heavy atom. The van der Waals surface area contributed by atoms with E-state index in [0.717, 1.165) is 17.9 Å². The lowest BCUT2D eigenvalue weighted by Crippen LogP contribution is -2.21. The summed E-state index contributed by atoms with van der Waals surface area (Å²) in [5.74, 6) is 1.85.